The Balaban J connectivity index is 3.83. The number of esters is 1. The third-order valence-electron chi connectivity index (χ3n) is 1.57. The molecule has 0 aliphatic carbocycles. The van der Waals surface area contributed by atoms with E-state index < -0.39 is 11.7 Å². The summed E-state index contributed by atoms with van der Waals surface area (Å²) in [5.74, 6) is 0.0677. The molecule has 14 heavy (non-hydrogen) atoms. The number of carbonyl (C=O) groups is 1. The highest BCUT2D eigenvalue weighted by Crippen LogP contribution is 2.12. The first kappa shape index (κ1) is 13.4. The molecule has 1 N–H and O–H groups in total. The maximum atomic E-state index is 11.3. The lowest BCUT2D eigenvalue weighted by atomic mass is 10.0. The summed E-state index contributed by atoms with van der Waals surface area (Å²) in [6.45, 7) is 9.48. The molecule has 0 heterocycles. The summed E-state index contributed by atoms with van der Waals surface area (Å²) in [5, 5.41) is 9.49. The molecule has 3 nitrogen and oxygen atoms in total. The highest BCUT2D eigenvalue weighted by molar-refractivity contribution is 5.70. The molecule has 0 unspecified atom stereocenters. The van der Waals surface area contributed by atoms with Crippen LogP contribution < -0.4 is 0 Å². The predicted octanol–water partition coefficient (Wildman–Crippen LogP) is 2.13. The van der Waals surface area contributed by atoms with Crippen LogP contribution in [0.25, 0.3) is 0 Å². The van der Waals surface area contributed by atoms with E-state index in [4.69, 9.17) is 4.74 Å². The zero-order valence-corrected chi connectivity index (χ0v) is 9.83. The van der Waals surface area contributed by atoms with Gasteiger partial charge in [-0.1, -0.05) is 13.8 Å². The van der Waals surface area contributed by atoms with Gasteiger partial charge in [0.25, 0.3) is 0 Å². The van der Waals surface area contributed by atoms with Gasteiger partial charge in [0.1, 0.15) is 5.60 Å². The van der Waals surface area contributed by atoms with Crippen LogP contribution in [0.1, 0.15) is 47.5 Å². The van der Waals surface area contributed by atoms with Gasteiger partial charge in [-0.2, -0.15) is 0 Å². The summed E-state index contributed by atoms with van der Waals surface area (Å²) in [6.07, 6.45) is 0.152. The van der Waals surface area contributed by atoms with Gasteiger partial charge < -0.3 is 9.84 Å². The van der Waals surface area contributed by atoms with Crippen molar-refractivity contribution >= 4 is 5.97 Å². The van der Waals surface area contributed by atoms with Gasteiger partial charge in [-0.05, 0) is 33.1 Å². The summed E-state index contributed by atoms with van der Waals surface area (Å²) in [5.41, 5.74) is -0.464. The normalized spacial score (nSPS) is 14.2. The van der Waals surface area contributed by atoms with Crippen LogP contribution in [0.2, 0.25) is 0 Å². The lowest BCUT2D eigenvalue weighted by Crippen LogP contribution is -2.26. The van der Waals surface area contributed by atoms with Crippen molar-refractivity contribution < 1.29 is 14.6 Å². The summed E-state index contributed by atoms with van der Waals surface area (Å²) in [4.78, 5) is 11.3. The smallest absolute Gasteiger partial charge is 0.308 e. The standard InChI is InChI=1S/C11H22O3/c1-8(2)6-9(12)7-10(13)14-11(3,4)5/h8-9,12H,6-7H2,1-5H3/t9-/m0/s1. The first-order valence-electron chi connectivity index (χ1n) is 5.10. The fourth-order valence-corrected chi connectivity index (χ4v) is 1.20. The van der Waals surface area contributed by atoms with Crippen molar-refractivity contribution in [1.29, 1.82) is 0 Å². The van der Waals surface area contributed by atoms with Gasteiger partial charge in [0.2, 0.25) is 0 Å². The van der Waals surface area contributed by atoms with Crippen LogP contribution in [0.4, 0.5) is 0 Å². The van der Waals surface area contributed by atoms with E-state index in [9.17, 15) is 9.90 Å². The SMILES string of the molecule is CC(C)C[C@H](O)CC(=O)OC(C)(C)C. The summed E-state index contributed by atoms with van der Waals surface area (Å²) in [7, 11) is 0. The van der Waals surface area contributed by atoms with Crippen LogP contribution in [-0.2, 0) is 9.53 Å². The monoisotopic (exact) mass is 202 g/mol. The second-order valence-corrected chi connectivity index (χ2v) is 5.07. The third kappa shape index (κ3) is 8.05. The Morgan fingerprint density at radius 3 is 2.21 bits per heavy atom. The Morgan fingerprint density at radius 1 is 1.36 bits per heavy atom. The minimum atomic E-state index is -0.579. The largest absolute Gasteiger partial charge is 0.460 e. The van der Waals surface area contributed by atoms with Crippen molar-refractivity contribution in [3.05, 3.63) is 0 Å². The van der Waals surface area contributed by atoms with Crippen molar-refractivity contribution in [2.24, 2.45) is 5.92 Å². The van der Waals surface area contributed by atoms with Crippen LogP contribution in [0.3, 0.4) is 0 Å². The minimum Gasteiger partial charge on any atom is -0.460 e. The second kappa shape index (κ2) is 5.35. The second-order valence-electron chi connectivity index (χ2n) is 5.07. The minimum absolute atomic E-state index is 0.0927. The van der Waals surface area contributed by atoms with E-state index in [1.165, 1.54) is 0 Å². The van der Waals surface area contributed by atoms with Gasteiger partial charge in [0.15, 0.2) is 0 Å². The van der Waals surface area contributed by atoms with E-state index in [0.717, 1.165) is 0 Å². The van der Waals surface area contributed by atoms with Crippen molar-refractivity contribution in [3.8, 4) is 0 Å². The zero-order valence-electron chi connectivity index (χ0n) is 9.83. The zero-order chi connectivity index (χ0) is 11.4. The number of hydrogen-bond acceptors (Lipinski definition) is 3. The van der Waals surface area contributed by atoms with Gasteiger partial charge in [0.05, 0.1) is 12.5 Å². The quantitative estimate of drug-likeness (QED) is 0.710. The van der Waals surface area contributed by atoms with Crippen molar-refractivity contribution in [2.75, 3.05) is 0 Å². The van der Waals surface area contributed by atoms with Gasteiger partial charge in [0, 0.05) is 0 Å². The number of ether oxygens (including phenoxy) is 1. The molecule has 0 aromatic carbocycles. The van der Waals surface area contributed by atoms with Crippen molar-refractivity contribution in [2.45, 2.75) is 59.2 Å². The number of aliphatic hydroxyl groups is 1. The fourth-order valence-electron chi connectivity index (χ4n) is 1.20. The average Bonchev–Trinajstić information content (AvgIpc) is 1.77. The van der Waals surface area contributed by atoms with E-state index in [1.54, 1.807) is 0 Å². The molecule has 0 radical (unpaired) electrons. The molecule has 0 bridgehead atoms. The van der Waals surface area contributed by atoms with Gasteiger partial charge in [-0.25, -0.2) is 0 Å². The lowest BCUT2D eigenvalue weighted by molar-refractivity contribution is -0.157. The highest BCUT2D eigenvalue weighted by Gasteiger charge is 2.19. The molecule has 1 atom stereocenters. The van der Waals surface area contributed by atoms with Gasteiger partial charge in [-0.3, -0.25) is 4.79 Å². The maximum absolute atomic E-state index is 11.3. The molecule has 0 saturated heterocycles. The lowest BCUT2D eigenvalue weighted by Gasteiger charge is -2.21. The number of aliphatic hydroxyl groups excluding tert-OH is 1. The Hall–Kier alpha value is -0.570. The van der Waals surface area contributed by atoms with Crippen LogP contribution in [0.5, 0.6) is 0 Å². The van der Waals surface area contributed by atoms with E-state index in [-0.39, 0.29) is 12.4 Å². The van der Waals surface area contributed by atoms with Crippen LogP contribution in [-0.4, -0.2) is 22.8 Å². The van der Waals surface area contributed by atoms with Crippen molar-refractivity contribution in [1.82, 2.24) is 0 Å². The summed E-state index contributed by atoms with van der Waals surface area (Å²) < 4.78 is 5.09. The molecular formula is C11H22O3. The molecule has 0 saturated carbocycles. The topological polar surface area (TPSA) is 46.5 Å². The van der Waals surface area contributed by atoms with E-state index in [0.29, 0.717) is 12.3 Å². The predicted molar refractivity (Wildman–Crippen MR) is 55.9 cm³/mol. The van der Waals surface area contributed by atoms with E-state index in [1.807, 2.05) is 34.6 Å². The summed E-state index contributed by atoms with van der Waals surface area (Å²) >= 11 is 0. The highest BCUT2D eigenvalue weighted by atomic mass is 16.6. The first-order valence-corrected chi connectivity index (χ1v) is 5.10. The Kier molecular flexibility index (Phi) is 5.13. The molecule has 3 heteroatoms. The molecule has 0 aliphatic rings. The Labute approximate surface area is 86.5 Å². The molecular weight excluding hydrogens is 180 g/mol. The molecule has 84 valence electrons. The average molecular weight is 202 g/mol. The molecule has 0 amide bonds. The molecule has 0 aromatic rings. The molecule has 0 rings (SSSR count). The van der Waals surface area contributed by atoms with Crippen LogP contribution in [0.15, 0.2) is 0 Å². The van der Waals surface area contributed by atoms with Gasteiger partial charge >= 0.3 is 5.97 Å². The number of carbonyl (C=O) groups excluding carboxylic acids is 1. The maximum Gasteiger partial charge on any atom is 0.308 e. The molecule has 0 aliphatic heterocycles. The van der Waals surface area contributed by atoms with E-state index in [2.05, 4.69) is 0 Å². The Bertz CT molecular complexity index is 179. The van der Waals surface area contributed by atoms with Crippen LogP contribution in [0, 0.1) is 5.92 Å². The fraction of sp³-hybridized carbons (Fsp3) is 0.909. The van der Waals surface area contributed by atoms with Gasteiger partial charge in [-0.15, -0.1) is 0 Å². The first-order chi connectivity index (χ1) is 6.20. The number of hydrogen-bond donors (Lipinski definition) is 1. The molecule has 0 spiro atoms. The van der Waals surface area contributed by atoms with Crippen LogP contribution >= 0.6 is 0 Å². The third-order valence-corrected chi connectivity index (χ3v) is 1.57. The molecule has 0 fully saturated rings. The van der Waals surface area contributed by atoms with Crippen molar-refractivity contribution in [3.63, 3.8) is 0 Å². The Morgan fingerprint density at radius 2 is 1.86 bits per heavy atom. The number of rotatable bonds is 4. The molecule has 0 aromatic heterocycles. The summed E-state index contributed by atoms with van der Waals surface area (Å²) in [6, 6.07) is 0. The van der Waals surface area contributed by atoms with E-state index >= 15 is 0 Å².